The summed E-state index contributed by atoms with van der Waals surface area (Å²) in [5.41, 5.74) is 2.18. The molecule has 1 aliphatic rings. The maximum absolute atomic E-state index is 12.3. The normalized spacial score (nSPS) is 17.7. The molecule has 2 aromatic rings. The fourth-order valence-corrected chi connectivity index (χ4v) is 4.44. The molecule has 1 N–H and O–H groups in total. The van der Waals surface area contributed by atoms with Crippen molar-refractivity contribution in [3.8, 4) is 0 Å². The molecule has 1 unspecified atom stereocenters. The minimum absolute atomic E-state index is 0.157. The molecule has 5 nitrogen and oxygen atoms in total. The van der Waals surface area contributed by atoms with Crippen LogP contribution >= 0.6 is 11.6 Å². The van der Waals surface area contributed by atoms with Gasteiger partial charge in [-0.15, -0.1) is 0 Å². The molecule has 0 aliphatic carbocycles. The van der Waals surface area contributed by atoms with Crippen LogP contribution < -0.4 is 9.62 Å². The highest BCUT2D eigenvalue weighted by Crippen LogP contribution is 2.24. The van der Waals surface area contributed by atoms with E-state index in [-0.39, 0.29) is 11.9 Å². The average Bonchev–Trinajstić information content (AvgIpc) is 3.06. The highest BCUT2D eigenvalue weighted by atomic mass is 35.5. The zero-order valence-corrected chi connectivity index (χ0v) is 15.6. The summed E-state index contributed by atoms with van der Waals surface area (Å²) in [7, 11) is -1.80. The van der Waals surface area contributed by atoms with Crippen LogP contribution in [0.5, 0.6) is 0 Å². The SMILES string of the molecule is COC1CCN(c2ccc(NS(=O)(=O)Cc3ccccc3Cl)cc2)C1. The monoisotopic (exact) mass is 380 g/mol. The number of methoxy groups -OCH3 is 1. The van der Waals surface area contributed by atoms with Gasteiger partial charge < -0.3 is 9.64 Å². The van der Waals surface area contributed by atoms with Crippen LogP contribution in [-0.4, -0.2) is 34.7 Å². The molecule has 1 fully saturated rings. The van der Waals surface area contributed by atoms with Gasteiger partial charge in [-0.05, 0) is 42.3 Å². The molecule has 1 heterocycles. The fraction of sp³-hybridized carbons (Fsp3) is 0.333. The molecule has 7 heteroatoms. The van der Waals surface area contributed by atoms with Crippen molar-refractivity contribution in [2.75, 3.05) is 29.8 Å². The van der Waals surface area contributed by atoms with Gasteiger partial charge in [0, 0.05) is 36.6 Å². The fourth-order valence-electron chi connectivity index (χ4n) is 2.93. The van der Waals surface area contributed by atoms with Crippen molar-refractivity contribution >= 4 is 33.0 Å². The Labute approximate surface area is 153 Å². The molecule has 2 aromatic carbocycles. The van der Waals surface area contributed by atoms with Crippen LogP contribution in [0.15, 0.2) is 48.5 Å². The van der Waals surface area contributed by atoms with E-state index in [1.54, 1.807) is 43.5 Å². The average molecular weight is 381 g/mol. The van der Waals surface area contributed by atoms with Gasteiger partial charge in [-0.25, -0.2) is 8.42 Å². The topological polar surface area (TPSA) is 58.6 Å². The minimum atomic E-state index is -3.52. The van der Waals surface area contributed by atoms with E-state index in [0.717, 1.165) is 25.2 Å². The van der Waals surface area contributed by atoms with Crippen LogP contribution in [-0.2, 0) is 20.5 Å². The van der Waals surface area contributed by atoms with Crippen LogP contribution in [0.2, 0.25) is 5.02 Å². The van der Waals surface area contributed by atoms with Crippen LogP contribution in [0.3, 0.4) is 0 Å². The summed E-state index contributed by atoms with van der Waals surface area (Å²) in [5, 5.41) is 0.449. The zero-order chi connectivity index (χ0) is 17.9. The molecular formula is C18H21ClN2O3S. The number of rotatable bonds is 6. The Morgan fingerprint density at radius 3 is 2.56 bits per heavy atom. The number of halogens is 1. The lowest BCUT2D eigenvalue weighted by Gasteiger charge is -2.19. The second-order valence-corrected chi connectivity index (χ2v) is 8.22. The smallest absolute Gasteiger partial charge is 0.236 e. The second-order valence-electron chi connectivity index (χ2n) is 6.09. The summed E-state index contributed by atoms with van der Waals surface area (Å²) < 4.78 is 32.7. The van der Waals surface area contributed by atoms with Gasteiger partial charge in [-0.3, -0.25) is 4.72 Å². The van der Waals surface area contributed by atoms with E-state index in [4.69, 9.17) is 16.3 Å². The molecule has 134 valence electrons. The number of ether oxygens (including phenoxy) is 1. The van der Waals surface area contributed by atoms with E-state index >= 15 is 0 Å². The van der Waals surface area contributed by atoms with Crippen molar-refractivity contribution in [3.05, 3.63) is 59.1 Å². The lowest BCUT2D eigenvalue weighted by molar-refractivity contribution is 0.121. The quantitative estimate of drug-likeness (QED) is 0.833. The second kappa shape index (κ2) is 7.64. The minimum Gasteiger partial charge on any atom is -0.380 e. The Morgan fingerprint density at radius 2 is 1.92 bits per heavy atom. The Balaban J connectivity index is 1.65. The molecule has 0 saturated carbocycles. The van der Waals surface area contributed by atoms with E-state index in [1.807, 2.05) is 12.1 Å². The lowest BCUT2D eigenvalue weighted by Crippen LogP contribution is -2.22. The predicted octanol–water partition coefficient (Wildman–Crippen LogP) is 3.51. The van der Waals surface area contributed by atoms with E-state index in [1.165, 1.54) is 0 Å². The molecular weight excluding hydrogens is 360 g/mol. The van der Waals surface area contributed by atoms with Gasteiger partial charge in [0.05, 0.1) is 11.9 Å². The first-order valence-electron chi connectivity index (χ1n) is 8.08. The number of hydrogen-bond donors (Lipinski definition) is 1. The molecule has 1 saturated heterocycles. The molecule has 0 radical (unpaired) electrons. The summed E-state index contributed by atoms with van der Waals surface area (Å²) in [5.74, 6) is -0.157. The molecule has 25 heavy (non-hydrogen) atoms. The lowest BCUT2D eigenvalue weighted by atomic mass is 10.2. The Morgan fingerprint density at radius 1 is 1.20 bits per heavy atom. The van der Waals surface area contributed by atoms with Gasteiger partial charge >= 0.3 is 0 Å². The largest absolute Gasteiger partial charge is 0.380 e. The van der Waals surface area contributed by atoms with Crippen molar-refractivity contribution in [1.82, 2.24) is 0 Å². The highest BCUT2D eigenvalue weighted by molar-refractivity contribution is 7.91. The number of sulfonamides is 1. The van der Waals surface area contributed by atoms with Crippen molar-refractivity contribution in [3.63, 3.8) is 0 Å². The van der Waals surface area contributed by atoms with Crippen LogP contribution in [0.25, 0.3) is 0 Å². The zero-order valence-electron chi connectivity index (χ0n) is 14.0. The van der Waals surface area contributed by atoms with Gasteiger partial charge in [0.1, 0.15) is 0 Å². The summed E-state index contributed by atoms with van der Waals surface area (Å²) in [6, 6.07) is 14.3. The van der Waals surface area contributed by atoms with E-state index < -0.39 is 10.0 Å². The molecule has 0 spiro atoms. The van der Waals surface area contributed by atoms with Gasteiger partial charge in [-0.2, -0.15) is 0 Å². The third-order valence-corrected chi connectivity index (χ3v) is 5.89. The Kier molecular flexibility index (Phi) is 5.51. The maximum atomic E-state index is 12.3. The molecule has 0 bridgehead atoms. The molecule has 0 amide bonds. The van der Waals surface area contributed by atoms with Crippen LogP contribution in [0.4, 0.5) is 11.4 Å². The summed E-state index contributed by atoms with van der Waals surface area (Å²) in [6.07, 6.45) is 1.26. The van der Waals surface area contributed by atoms with E-state index in [9.17, 15) is 8.42 Å². The first-order chi connectivity index (χ1) is 12.0. The summed E-state index contributed by atoms with van der Waals surface area (Å²) >= 11 is 6.04. The predicted molar refractivity (Wildman–Crippen MR) is 102 cm³/mol. The Bertz CT molecular complexity index is 824. The van der Waals surface area contributed by atoms with E-state index in [0.29, 0.717) is 16.3 Å². The van der Waals surface area contributed by atoms with Crippen LogP contribution in [0, 0.1) is 0 Å². The first kappa shape index (κ1) is 18.0. The third-order valence-electron chi connectivity index (χ3n) is 4.29. The maximum Gasteiger partial charge on any atom is 0.236 e. The molecule has 3 rings (SSSR count). The highest BCUT2D eigenvalue weighted by Gasteiger charge is 2.22. The third kappa shape index (κ3) is 4.66. The molecule has 1 atom stereocenters. The number of anilines is 2. The standard InChI is InChI=1S/C18H21ClN2O3S/c1-24-17-10-11-21(12-17)16-8-6-15(7-9-16)20-25(22,23)13-14-4-2-3-5-18(14)19/h2-9,17,20H,10-13H2,1H3. The van der Waals surface area contributed by atoms with Crippen molar-refractivity contribution in [2.45, 2.75) is 18.3 Å². The molecule has 1 aliphatic heterocycles. The summed E-state index contributed by atoms with van der Waals surface area (Å²) in [6.45, 7) is 1.80. The molecule has 0 aromatic heterocycles. The first-order valence-corrected chi connectivity index (χ1v) is 10.1. The van der Waals surface area contributed by atoms with Crippen LogP contribution in [0.1, 0.15) is 12.0 Å². The Hall–Kier alpha value is -1.76. The van der Waals surface area contributed by atoms with Crippen molar-refractivity contribution in [2.24, 2.45) is 0 Å². The van der Waals surface area contributed by atoms with Gasteiger partial charge in [-0.1, -0.05) is 29.8 Å². The van der Waals surface area contributed by atoms with Gasteiger partial charge in [0.15, 0.2) is 0 Å². The van der Waals surface area contributed by atoms with Gasteiger partial charge in [0.25, 0.3) is 0 Å². The van der Waals surface area contributed by atoms with Crippen molar-refractivity contribution < 1.29 is 13.2 Å². The van der Waals surface area contributed by atoms with Gasteiger partial charge in [0.2, 0.25) is 10.0 Å². The number of nitrogens with zero attached hydrogens (tertiary/aromatic N) is 1. The number of nitrogens with one attached hydrogen (secondary N) is 1. The number of hydrogen-bond acceptors (Lipinski definition) is 4. The van der Waals surface area contributed by atoms with E-state index in [2.05, 4.69) is 9.62 Å². The van der Waals surface area contributed by atoms with Crippen molar-refractivity contribution in [1.29, 1.82) is 0 Å². The summed E-state index contributed by atoms with van der Waals surface area (Å²) in [4.78, 5) is 2.23. The number of benzene rings is 2.